The number of carbonyl (C=O) groups is 2. The van der Waals surface area contributed by atoms with Gasteiger partial charge in [-0.05, 0) is 43.3 Å². The monoisotopic (exact) mass is 577 g/mol. The van der Waals surface area contributed by atoms with Crippen molar-refractivity contribution in [1.29, 1.82) is 0 Å². The molecular formula is C29H23F4N7O2. The van der Waals surface area contributed by atoms with Gasteiger partial charge in [0.05, 0.1) is 17.6 Å². The maximum Gasteiger partial charge on any atom is 0.420 e. The molecule has 6 rings (SSSR count). The first-order valence-corrected chi connectivity index (χ1v) is 13.0. The topological polar surface area (TPSA) is 99.5 Å². The highest BCUT2D eigenvalue weighted by Gasteiger charge is 2.37. The van der Waals surface area contributed by atoms with E-state index >= 15 is 0 Å². The molecule has 0 saturated carbocycles. The van der Waals surface area contributed by atoms with Crippen molar-refractivity contribution in [3.05, 3.63) is 95.7 Å². The Kier molecular flexibility index (Phi) is 6.71. The number of halogens is 4. The first-order chi connectivity index (χ1) is 20.1. The lowest BCUT2D eigenvalue weighted by Gasteiger charge is -2.39. The number of hydrogen-bond donors (Lipinski definition) is 1. The van der Waals surface area contributed by atoms with Crippen LogP contribution < -0.4 is 0 Å². The van der Waals surface area contributed by atoms with Crippen LogP contribution in [0.4, 0.5) is 17.6 Å². The SMILES string of the molecule is CC1CN(C(=O)c2cn3nc(-c4ccc(F)cc4)cc(C(F)(F)F)c3n2)CCN1C(=O)c1cc(-c2ccccc2)n[nH]1. The Morgan fingerprint density at radius 1 is 0.929 bits per heavy atom. The van der Waals surface area contributed by atoms with Crippen LogP contribution >= 0.6 is 0 Å². The molecule has 13 heteroatoms. The number of hydrogen-bond acceptors (Lipinski definition) is 5. The quantitative estimate of drug-likeness (QED) is 0.306. The molecule has 0 bridgehead atoms. The van der Waals surface area contributed by atoms with Gasteiger partial charge in [-0.15, -0.1) is 0 Å². The fraction of sp³-hybridized carbons (Fsp3) is 0.207. The second-order valence-electron chi connectivity index (χ2n) is 9.97. The van der Waals surface area contributed by atoms with Crippen molar-refractivity contribution in [2.24, 2.45) is 0 Å². The minimum absolute atomic E-state index is 0.0544. The molecule has 2 amide bonds. The van der Waals surface area contributed by atoms with Gasteiger partial charge in [0.1, 0.15) is 22.8 Å². The molecule has 1 saturated heterocycles. The van der Waals surface area contributed by atoms with Gasteiger partial charge in [-0.1, -0.05) is 30.3 Å². The summed E-state index contributed by atoms with van der Waals surface area (Å²) in [5, 5.41) is 11.2. The molecule has 0 aliphatic carbocycles. The third kappa shape index (κ3) is 5.08. The van der Waals surface area contributed by atoms with Gasteiger partial charge < -0.3 is 9.80 Å². The largest absolute Gasteiger partial charge is 0.420 e. The molecule has 1 aliphatic heterocycles. The van der Waals surface area contributed by atoms with Gasteiger partial charge >= 0.3 is 6.18 Å². The number of alkyl halides is 3. The average Bonchev–Trinajstić information content (AvgIpc) is 3.64. The van der Waals surface area contributed by atoms with E-state index in [1.165, 1.54) is 17.0 Å². The van der Waals surface area contributed by atoms with Crippen LogP contribution in [0.5, 0.6) is 0 Å². The van der Waals surface area contributed by atoms with E-state index in [4.69, 9.17) is 0 Å². The summed E-state index contributed by atoms with van der Waals surface area (Å²) in [4.78, 5) is 33.6. The summed E-state index contributed by atoms with van der Waals surface area (Å²) < 4.78 is 56.2. The molecule has 42 heavy (non-hydrogen) atoms. The van der Waals surface area contributed by atoms with Crippen LogP contribution in [0.25, 0.3) is 28.2 Å². The summed E-state index contributed by atoms with van der Waals surface area (Å²) in [6, 6.07) is 16.4. The molecule has 1 atom stereocenters. The van der Waals surface area contributed by atoms with Crippen molar-refractivity contribution in [1.82, 2.24) is 34.6 Å². The molecule has 9 nitrogen and oxygen atoms in total. The first kappa shape index (κ1) is 27.1. The maximum absolute atomic E-state index is 14.0. The summed E-state index contributed by atoms with van der Waals surface area (Å²) >= 11 is 0. The van der Waals surface area contributed by atoms with E-state index in [9.17, 15) is 27.2 Å². The van der Waals surface area contributed by atoms with Gasteiger partial charge in [0.2, 0.25) is 0 Å². The maximum atomic E-state index is 14.0. The highest BCUT2D eigenvalue weighted by molar-refractivity contribution is 5.95. The summed E-state index contributed by atoms with van der Waals surface area (Å²) in [6.07, 6.45) is -3.63. The third-order valence-corrected chi connectivity index (χ3v) is 7.14. The normalized spacial score (nSPS) is 15.8. The van der Waals surface area contributed by atoms with Crippen LogP contribution in [0, 0.1) is 5.82 Å². The average molecular weight is 578 g/mol. The van der Waals surface area contributed by atoms with Gasteiger partial charge in [-0.25, -0.2) is 13.9 Å². The number of benzene rings is 2. The molecular weight excluding hydrogens is 554 g/mol. The van der Waals surface area contributed by atoms with Crippen LogP contribution in [0.1, 0.15) is 33.5 Å². The summed E-state index contributed by atoms with van der Waals surface area (Å²) in [6.45, 7) is 2.30. The van der Waals surface area contributed by atoms with Crippen molar-refractivity contribution in [3.63, 3.8) is 0 Å². The highest BCUT2D eigenvalue weighted by atomic mass is 19.4. The van der Waals surface area contributed by atoms with Crippen molar-refractivity contribution >= 4 is 17.5 Å². The van der Waals surface area contributed by atoms with Gasteiger partial charge in [-0.2, -0.15) is 23.4 Å². The van der Waals surface area contributed by atoms with Crippen LogP contribution in [0.15, 0.2) is 72.9 Å². The smallest absolute Gasteiger partial charge is 0.333 e. The number of nitrogens with zero attached hydrogens (tertiary/aromatic N) is 6. The number of aromatic amines is 1. The van der Waals surface area contributed by atoms with Gasteiger partial charge in [0, 0.05) is 36.8 Å². The number of carbonyl (C=O) groups excluding carboxylic acids is 2. The third-order valence-electron chi connectivity index (χ3n) is 7.14. The van der Waals surface area contributed by atoms with E-state index in [0.29, 0.717) is 11.4 Å². The molecule has 2 aromatic carbocycles. The number of fused-ring (bicyclic) bond motifs is 1. The Morgan fingerprint density at radius 2 is 1.64 bits per heavy atom. The number of H-pyrrole nitrogens is 1. The predicted octanol–water partition coefficient (Wildman–Crippen LogP) is 4.93. The molecule has 5 aromatic rings. The zero-order chi connectivity index (χ0) is 29.6. The molecule has 4 heterocycles. The fourth-order valence-electron chi connectivity index (χ4n) is 5.00. The van der Waals surface area contributed by atoms with Crippen LogP contribution in [0.3, 0.4) is 0 Å². The Bertz CT molecular complexity index is 1780. The number of amides is 2. The lowest BCUT2D eigenvalue weighted by Crippen LogP contribution is -2.55. The van der Waals surface area contributed by atoms with Crippen molar-refractivity contribution in [3.8, 4) is 22.5 Å². The highest BCUT2D eigenvalue weighted by Crippen LogP contribution is 2.34. The van der Waals surface area contributed by atoms with Crippen molar-refractivity contribution in [2.45, 2.75) is 19.1 Å². The minimum atomic E-state index is -4.78. The van der Waals surface area contributed by atoms with E-state index in [2.05, 4.69) is 20.3 Å². The zero-order valence-corrected chi connectivity index (χ0v) is 22.1. The molecule has 0 radical (unpaired) electrons. The van der Waals surface area contributed by atoms with Crippen molar-refractivity contribution in [2.75, 3.05) is 19.6 Å². The molecule has 1 fully saturated rings. The summed E-state index contributed by atoms with van der Waals surface area (Å²) in [5.41, 5.74) is 0.203. The first-order valence-electron chi connectivity index (χ1n) is 13.0. The molecule has 1 aliphatic rings. The van der Waals surface area contributed by atoms with E-state index in [-0.39, 0.29) is 48.5 Å². The van der Waals surface area contributed by atoms with E-state index < -0.39 is 29.1 Å². The van der Waals surface area contributed by atoms with Crippen molar-refractivity contribution < 1.29 is 27.2 Å². The Balaban J connectivity index is 1.22. The molecule has 0 spiro atoms. The number of aromatic nitrogens is 5. The minimum Gasteiger partial charge on any atom is -0.333 e. The van der Waals surface area contributed by atoms with E-state index in [1.807, 2.05) is 30.3 Å². The van der Waals surface area contributed by atoms with Gasteiger partial charge in [0.25, 0.3) is 11.8 Å². The fourth-order valence-corrected chi connectivity index (χ4v) is 5.00. The predicted molar refractivity (Wildman–Crippen MR) is 144 cm³/mol. The number of imidazole rings is 1. The summed E-state index contributed by atoms with van der Waals surface area (Å²) in [7, 11) is 0. The zero-order valence-electron chi connectivity index (χ0n) is 22.1. The Morgan fingerprint density at radius 3 is 2.33 bits per heavy atom. The second-order valence-corrected chi connectivity index (χ2v) is 9.97. The standard InChI is InChI=1S/C29H23F4N7O2/c1-17-15-38(11-12-39(17)28(42)24-14-22(35-36-24)18-5-3-2-4-6-18)27(41)25-16-40-26(34-25)21(29(31,32)33)13-23(37-40)19-7-9-20(30)10-8-19/h2-10,13-14,16-17H,11-12,15H2,1H3,(H,35,36). The van der Waals surface area contributed by atoms with E-state index in [1.54, 1.807) is 17.9 Å². The van der Waals surface area contributed by atoms with Gasteiger partial charge in [-0.3, -0.25) is 14.7 Å². The van der Waals surface area contributed by atoms with Crippen LogP contribution in [0.2, 0.25) is 0 Å². The summed E-state index contributed by atoms with van der Waals surface area (Å²) in [5.74, 6) is -1.39. The number of piperazine rings is 1. The Hall–Kier alpha value is -5.07. The van der Waals surface area contributed by atoms with Gasteiger partial charge in [0.15, 0.2) is 5.65 Å². The number of rotatable bonds is 4. The van der Waals surface area contributed by atoms with E-state index in [0.717, 1.165) is 34.5 Å². The van der Waals surface area contributed by atoms with Crippen LogP contribution in [-0.2, 0) is 6.18 Å². The Labute approximate surface area is 236 Å². The molecule has 1 N–H and O–H groups in total. The lowest BCUT2D eigenvalue weighted by molar-refractivity contribution is -0.136. The molecule has 3 aromatic heterocycles. The number of nitrogens with one attached hydrogen (secondary N) is 1. The van der Waals surface area contributed by atoms with Crippen LogP contribution in [-0.4, -0.2) is 72.1 Å². The molecule has 1 unspecified atom stereocenters. The second kappa shape index (κ2) is 10.4. The molecule has 214 valence electrons. The lowest BCUT2D eigenvalue weighted by atomic mass is 10.1.